The zero-order valence-electron chi connectivity index (χ0n) is 7.61. The molecule has 14 heavy (non-hydrogen) atoms. The van der Waals surface area contributed by atoms with Gasteiger partial charge >= 0.3 is 16.8 Å². The Morgan fingerprint density at radius 3 is 2.64 bits per heavy atom. The van der Waals surface area contributed by atoms with Gasteiger partial charge in [-0.15, -0.1) is 12.4 Å². The summed E-state index contributed by atoms with van der Waals surface area (Å²) in [6, 6.07) is 6.69. The number of hydrogen-bond acceptors (Lipinski definition) is 3. The SMILES string of the molecule is [Co+2].[O-]CCCN=Cc1ccccc1[O-]. The van der Waals surface area contributed by atoms with Crippen LogP contribution in [-0.4, -0.2) is 19.4 Å². The zero-order chi connectivity index (χ0) is 9.52. The van der Waals surface area contributed by atoms with Crippen LogP contribution in [0, 0.1) is 0 Å². The van der Waals surface area contributed by atoms with Crippen LogP contribution in [0.2, 0.25) is 0 Å². The van der Waals surface area contributed by atoms with Crippen molar-refractivity contribution < 1.29 is 27.0 Å². The van der Waals surface area contributed by atoms with Crippen molar-refractivity contribution in [2.75, 3.05) is 13.2 Å². The van der Waals surface area contributed by atoms with Gasteiger partial charge < -0.3 is 10.2 Å². The van der Waals surface area contributed by atoms with Crippen LogP contribution in [0.5, 0.6) is 5.75 Å². The van der Waals surface area contributed by atoms with Crippen LogP contribution in [0.1, 0.15) is 12.0 Å². The predicted molar refractivity (Wildman–Crippen MR) is 47.8 cm³/mol. The minimum atomic E-state index is -0.115. The molecule has 0 unspecified atom stereocenters. The molecule has 0 aliphatic carbocycles. The van der Waals surface area contributed by atoms with Crippen LogP contribution in [0.15, 0.2) is 29.3 Å². The minimum absolute atomic E-state index is 0. The molecular weight excluding hydrogens is 225 g/mol. The van der Waals surface area contributed by atoms with Crippen LogP contribution in [-0.2, 0) is 16.8 Å². The fourth-order valence-corrected chi connectivity index (χ4v) is 0.906. The molecule has 4 heteroatoms. The third kappa shape index (κ3) is 4.41. The number of para-hydroxylation sites is 1. The van der Waals surface area contributed by atoms with Gasteiger partial charge in [-0.1, -0.05) is 24.3 Å². The van der Waals surface area contributed by atoms with Gasteiger partial charge in [0, 0.05) is 12.8 Å². The first kappa shape index (κ1) is 13.2. The van der Waals surface area contributed by atoms with Gasteiger partial charge in [-0.2, -0.15) is 0 Å². The van der Waals surface area contributed by atoms with E-state index < -0.39 is 0 Å². The molecule has 0 atom stereocenters. The quantitative estimate of drug-likeness (QED) is 0.542. The van der Waals surface area contributed by atoms with Crippen molar-refractivity contribution in [1.82, 2.24) is 0 Å². The van der Waals surface area contributed by atoms with Crippen molar-refractivity contribution in [1.29, 1.82) is 0 Å². The molecule has 0 spiro atoms. The van der Waals surface area contributed by atoms with Crippen molar-refractivity contribution >= 4 is 6.21 Å². The minimum Gasteiger partial charge on any atom is -0.872 e. The zero-order valence-corrected chi connectivity index (χ0v) is 8.65. The molecule has 0 saturated carbocycles. The second-order valence-corrected chi connectivity index (χ2v) is 2.63. The molecule has 0 bridgehead atoms. The fraction of sp³-hybridized carbons (Fsp3) is 0.300. The summed E-state index contributed by atoms with van der Waals surface area (Å²) in [5, 5.41) is 21.2. The van der Waals surface area contributed by atoms with Gasteiger partial charge in [-0.25, -0.2) is 0 Å². The van der Waals surface area contributed by atoms with Crippen molar-refractivity contribution in [2.45, 2.75) is 6.42 Å². The van der Waals surface area contributed by atoms with E-state index in [-0.39, 0.29) is 29.1 Å². The van der Waals surface area contributed by atoms with E-state index in [1.54, 1.807) is 18.2 Å². The third-order valence-corrected chi connectivity index (χ3v) is 1.58. The molecule has 1 aromatic rings. The van der Waals surface area contributed by atoms with Gasteiger partial charge in [-0.3, -0.25) is 4.99 Å². The molecule has 0 fully saturated rings. The van der Waals surface area contributed by atoms with Crippen molar-refractivity contribution in [3.8, 4) is 5.75 Å². The van der Waals surface area contributed by atoms with Crippen LogP contribution < -0.4 is 10.2 Å². The molecule has 0 amide bonds. The molecule has 1 aromatic carbocycles. The van der Waals surface area contributed by atoms with Crippen molar-refractivity contribution in [3.63, 3.8) is 0 Å². The van der Waals surface area contributed by atoms with Gasteiger partial charge in [0.25, 0.3) is 0 Å². The van der Waals surface area contributed by atoms with E-state index in [1.165, 1.54) is 12.3 Å². The number of nitrogens with zero attached hydrogens (tertiary/aromatic N) is 1. The molecule has 0 aliphatic heterocycles. The Morgan fingerprint density at radius 2 is 2.00 bits per heavy atom. The van der Waals surface area contributed by atoms with Gasteiger partial charge in [-0.05, 0) is 12.0 Å². The maximum atomic E-state index is 11.1. The normalized spacial score (nSPS) is 10.1. The summed E-state index contributed by atoms with van der Waals surface area (Å²) in [5.74, 6) is -0.0339. The van der Waals surface area contributed by atoms with E-state index in [1.807, 2.05) is 0 Å². The molecule has 0 saturated heterocycles. The van der Waals surface area contributed by atoms with E-state index >= 15 is 0 Å². The third-order valence-electron chi connectivity index (χ3n) is 1.58. The Balaban J connectivity index is 0.00000169. The molecule has 1 radical (unpaired) electrons. The number of hydrogen-bond donors (Lipinski definition) is 0. The molecule has 0 heterocycles. The Morgan fingerprint density at radius 1 is 1.29 bits per heavy atom. The fourth-order valence-electron chi connectivity index (χ4n) is 0.906. The maximum absolute atomic E-state index is 11.1. The first-order chi connectivity index (χ1) is 6.34. The van der Waals surface area contributed by atoms with Crippen molar-refractivity contribution in [3.05, 3.63) is 29.8 Å². The molecular formula is C10H11CoNO2. The molecule has 0 aromatic heterocycles. The van der Waals surface area contributed by atoms with Crippen LogP contribution in [0.4, 0.5) is 0 Å². The summed E-state index contributed by atoms with van der Waals surface area (Å²) in [5.41, 5.74) is 0.577. The summed E-state index contributed by atoms with van der Waals surface area (Å²) < 4.78 is 0. The van der Waals surface area contributed by atoms with Gasteiger partial charge in [0.2, 0.25) is 0 Å². The average Bonchev–Trinajstić information content (AvgIpc) is 2.15. The molecule has 0 N–H and O–H groups in total. The van der Waals surface area contributed by atoms with Gasteiger partial charge in [0.1, 0.15) is 0 Å². The van der Waals surface area contributed by atoms with Crippen LogP contribution in [0.3, 0.4) is 0 Å². The summed E-state index contributed by atoms with van der Waals surface area (Å²) >= 11 is 0. The second-order valence-electron chi connectivity index (χ2n) is 2.63. The van der Waals surface area contributed by atoms with E-state index in [2.05, 4.69) is 4.99 Å². The van der Waals surface area contributed by atoms with E-state index in [9.17, 15) is 10.2 Å². The summed E-state index contributed by atoms with van der Waals surface area (Å²) in [4.78, 5) is 3.97. The van der Waals surface area contributed by atoms with E-state index in [4.69, 9.17) is 0 Å². The Bertz CT molecular complexity index is 289. The van der Waals surface area contributed by atoms with Gasteiger partial charge in [0.05, 0.1) is 0 Å². The second kappa shape index (κ2) is 7.55. The maximum Gasteiger partial charge on any atom is 2.00 e. The predicted octanol–water partition coefficient (Wildman–Crippen LogP) is -0.0730. The van der Waals surface area contributed by atoms with Gasteiger partial charge in [0.15, 0.2) is 0 Å². The van der Waals surface area contributed by atoms with Crippen LogP contribution >= 0.6 is 0 Å². The summed E-state index contributed by atoms with van der Waals surface area (Å²) in [6.45, 7) is 0.383. The molecule has 0 aliphatic rings. The first-order valence-electron chi connectivity index (χ1n) is 4.18. The molecule has 1 rings (SSSR count). The Kier molecular flexibility index (Phi) is 7.10. The standard InChI is InChI=1S/C10H12NO2.Co/c12-7-3-6-11-8-9-4-1-2-5-10(9)13;/h1-2,4-5,8,13H,3,6-7H2;/q-1;+2/p-1. The van der Waals surface area contributed by atoms with E-state index in [0.29, 0.717) is 18.5 Å². The Labute approximate surface area is 93.7 Å². The number of benzene rings is 1. The van der Waals surface area contributed by atoms with E-state index in [0.717, 1.165) is 0 Å². The van der Waals surface area contributed by atoms with Crippen molar-refractivity contribution in [2.24, 2.45) is 4.99 Å². The largest absolute Gasteiger partial charge is 2.00 e. The summed E-state index contributed by atoms with van der Waals surface area (Å²) in [7, 11) is 0. The topological polar surface area (TPSA) is 58.5 Å². The smallest absolute Gasteiger partial charge is 0.872 e. The molecule has 77 valence electrons. The monoisotopic (exact) mass is 236 g/mol. The summed E-state index contributed by atoms with van der Waals surface area (Å²) in [6.07, 6.45) is 2.05. The average molecular weight is 236 g/mol. The first-order valence-corrected chi connectivity index (χ1v) is 4.18. The van der Waals surface area contributed by atoms with Crippen LogP contribution in [0.25, 0.3) is 0 Å². The Hall–Kier alpha value is -0.844. The molecule has 3 nitrogen and oxygen atoms in total. The number of rotatable bonds is 4. The number of aliphatic imine (C=N–C) groups is 1.